The van der Waals surface area contributed by atoms with Gasteiger partial charge in [-0.3, -0.25) is 0 Å². The van der Waals surface area contributed by atoms with Crippen LogP contribution >= 0.6 is 0 Å². The third-order valence-corrected chi connectivity index (χ3v) is 3.55. The molecular formula is C15H14N2O3. The Labute approximate surface area is 115 Å². The average Bonchev–Trinajstić information content (AvgIpc) is 2.83. The maximum atomic E-state index is 11.0. The van der Waals surface area contributed by atoms with Crippen LogP contribution in [0.2, 0.25) is 0 Å². The molecular weight excluding hydrogens is 256 g/mol. The van der Waals surface area contributed by atoms with Gasteiger partial charge in [0.25, 0.3) is 0 Å². The van der Waals surface area contributed by atoms with Crippen molar-refractivity contribution in [3.63, 3.8) is 0 Å². The van der Waals surface area contributed by atoms with Gasteiger partial charge < -0.3 is 14.8 Å². The largest absolute Gasteiger partial charge is 0.477 e. The first-order chi connectivity index (χ1) is 9.60. The Morgan fingerprint density at radius 2 is 2.05 bits per heavy atom. The second-order valence-corrected chi connectivity index (χ2v) is 4.73. The van der Waals surface area contributed by atoms with E-state index in [9.17, 15) is 4.79 Å². The van der Waals surface area contributed by atoms with E-state index in [-0.39, 0.29) is 11.8 Å². The molecule has 0 radical (unpaired) electrons. The van der Waals surface area contributed by atoms with Crippen molar-refractivity contribution in [3.05, 3.63) is 41.7 Å². The van der Waals surface area contributed by atoms with Crippen molar-refractivity contribution in [2.75, 3.05) is 7.11 Å². The quantitative estimate of drug-likeness (QED) is 0.766. The summed E-state index contributed by atoms with van der Waals surface area (Å²) in [4.78, 5) is 18.2. The fourth-order valence-electron chi connectivity index (χ4n) is 2.32. The van der Waals surface area contributed by atoms with Gasteiger partial charge in [-0.05, 0) is 30.7 Å². The van der Waals surface area contributed by atoms with Crippen molar-refractivity contribution < 1.29 is 14.6 Å². The van der Waals surface area contributed by atoms with Crippen LogP contribution in [0.1, 0.15) is 29.1 Å². The summed E-state index contributed by atoms with van der Waals surface area (Å²) in [5.41, 5.74) is 2.88. The fourth-order valence-corrected chi connectivity index (χ4v) is 2.32. The normalized spacial score (nSPS) is 12.9. The van der Waals surface area contributed by atoms with Crippen molar-refractivity contribution in [1.29, 1.82) is 0 Å². The Bertz CT molecular complexity index is 807. The topological polar surface area (TPSA) is 75.2 Å². The number of carboxylic acid groups (broad SMARTS) is 1. The molecule has 2 N–H and O–H groups in total. The molecule has 102 valence electrons. The number of nitrogens with one attached hydrogen (secondary N) is 1. The standard InChI is InChI=1S/C15H14N2O3/c1-8(20-2)9-3-4-12-10(5-9)11-6-13(15(18)19)16-7-14(11)17-12/h3-8,17H,1-2H3,(H,18,19). The molecule has 0 spiro atoms. The molecule has 1 unspecified atom stereocenters. The number of hydrogen-bond donors (Lipinski definition) is 2. The monoisotopic (exact) mass is 270 g/mol. The lowest BCUT2D eigenvalue weighted by atomic mass is 10.1. The third-order valence-electron chi connectivity index (χ3n) is 3.55. The number of carbonyl (C=O) groups is 1. The van der Waals surface area contributed by atoms with Gasteiger partial charge >= 0.3 is 5.97 Å². The number of aromatic nitrogens is 2. The molecule has 1 aromatic carbocycles. The Morgan fingerprint density at radius 1 is 1.30 bits per heavy atom. The van der Waals surface area contributed by atoms with Gasteiger partial charge in [-0.25, -0.2) is 9.78 Å². The molecule has 3 rings (SSSR count). The van der Waals surface area contributed by atoms with Crippen LogP contribution in [0.4, 0.5) is 0 Å². The molecule has 0 saturated carbocycles. The van der Waals surface area contributed by atoms with E-state index in [0.717, 1.165) is 27.4 Å². The number of nitrogens with zero attached hydrogens (tertiary/aromatic N) is 1. The zero-order valence-corrected chi connectivity index (χ0v) is 11.2. The Hall–Kier alpha value is -2.40. The molecule has 20 heavy (non-hydrogen) atoms. The Balaban J connectivity index is 2.28. The van der Waals surface area contributed by atoms with Crippen molar-refractivity contribution in [1.82, 2.24) is 9.97 Å². The van der Waals surface area contributed by atoms with Crippen molar-refractivity contribution in [3.8, 4) is 0 Å². The van der Waals surface area contributed by atoms with Crippen LogP contribution < -0.4 is 0 Å². The van der Waals surface area contributed by atoms with E-state index < -0.39 is 5.97 Å². The van der Waals surface area contributed by atoms with Crippen LogP contribution in [0.25, 0.3) is 21.8 Å². The van der Waals surface area contributed by atoms with Crippen LogP contribution in [0.5, 0.6) is 0 Å². The lowest BCUT2D eigenvalue weighted by molar-refractivity contribution is 0.0690. The third kappa shape index (κ3) is 1.92. The first-order valence-corrected chi connectivity index (χ1v) is 6.27. The van der Waals surface area contributed by atoms with Gasteiger partial charge in [0.05, 0.1) is 17.8 Å². The molecule has 5 heteroatoms. The van der Waals surface area contributed by atoms with Gasteiger partial charge in [0.15, 0.2) is 0 Å². The predicted molar refractivity (Wildman–Crippen MR) is 76.0 cm³/mol. The number of aromatic amines is 1. The zero-order valence-electron chi connectivity index (χ0n) is 11.2. The predicted octanol–water partition coefficient (Wildman–Crippen LogP) is 3.12. The molecule has 3 aromatic rings. The van der Waals surface area contributed by atoms with Crippen LogP contribution in [-0.2, 0) is 4.74 Å². The zero-order chi connectivity index (χ0) is 14.3. The summed E-state index contributed by atoms with van der Waals surface area (Å²) >= 11 is 0. The number of fused-ring (bicyclic) bond motifs is 3. The highest BCUT2D eigenvalue weighted by Gasteiger charge is 2.12. The molecule has 0 aliphatic carbocycles. The van der Waals surface area contributed by atoms with Gasteiger partial charge in [0.1, 0.15) is 5.69 Å². The van der Waals surface area contributed by atoms with Crippen LogP contribution in [-0.4, -0.2) is 28.2 Å². The summed E-state index contributed by atoms with van der Waals surface area (Å²) in [7, 11) is 1.66. The molecule has 0 aliphatic rings. The number of methoxy groups -OCH3 is 1. The van der Waals surface area contributed by atoms with Crippen molar-refractivity contribution in [2.24, 2.45) is 0 Å². The lowest BCUT2D eigenvalue weighted by Gasteiger charge is -2.09. The van der Waals surface area contributed by atoms with E-state index in [0.29, 0.717) is 0 Å². The lowest BCUT2D eigenvalue weighted by Crippen LogP contribution is -1.98. The molecule has 0 amide bonds. The molecule has 0 fully saturated rings. The summed E-state index contributed by atoms with van der Waals surface area (Å²) < 4.78 is 5.32. The molecule has 5 nitrogen and oxygen atoms in total. The first kappa shape index (κ1) is 12.6. The second-order valence-electron chi connectivity index (χ2n) is 4.73. The molecule has 2 heterocycles. The van der Waals surface area contributed by atoms with Crippen molar-refractivity contribution >= 4 is 27.8 Å². The number of hydrogen-bond acceptors (Lipinski definition) is 3. The number of carboxylic acids is 1. The smallest absolute Gasteiger partial charge is 0.354 e. The Kier molecular flexibility index (Phi) is 2.91. The molecule has 0 bridgehead atoms. The number of rotatable bonds is 3. The molecule has 2 aromatic heterocycles. The summed E-state index contributed by atoms with van der Waals surface area (Å²) in [5, 5.41) is 10.9. The van der Waals surface area contributed by atoms with E-state index in [2.05, 4.69) is 9.97 Å². The molecule has 0 aliphatic heterocycles. The molecule has 1 atom stereocenters. The highest BCUT2D eigenvalue weighted by Crippen LogP contribution is 2.28. The maximum Gasteiger partial charge on any atom is 0.354 e. The highest BCUT2D eigenvalue weighted by molar-refractivity contribution is 6.08. The minimum absolute atomic E-state index is 0.00914. The van der Waals surface area contributed by atoms with E-state index in [1.807, 2.05) is 25.1 Å². The van der Waals surface area contributed by atoms with E-state index >= 15 is 0 Å². The van der Waals surface area contributed by atoms with Gasteiger partial charge in [0, 0.05) is 23.4 Å². The summed E-state index contributed by atoms with van der Waals surface area (Å²) in [6.45, 7) is 1.97. The summed E-state index contributed by atoms with van der Waals surface area (Å²) in [6, 6.07) is 7.59. The number of aromatic carboxylic acids is 1. The van der Waals surface area contributed by atoms with Crippen LogP contribution in [0, 0.1) is 0 Å². The SMILES string of the molecule is COC(C)c1ccc2[nH]c3cnc(C(=O)O)cc3c2c1. The van der Waals surface area contributed by atoms with E-state index in [1.165, 1.54) is 0 Å². The van der Waals surface area contributed by atoms with Gasteiger partial charge in [-0.2, -0.15) is 0 Å². The van der Waals surface area contributed by atoms with Crippen LogP contribution in [0.15, 0.2) is 30.5 Å². The minimum Gasteiger partial charge on any atom is -0.477 e. The summed E-state index contributed by atoms with van der Waals surface area (Å²) in [5.74, 6) is -1.03. The van der Waals surface area contributed by atoms with Gasteiger partial charge in [-0.1, -0.05) is 6.07 Å². The number of benzene rings is 1. The fraction of sp³-hybridized carbons (Fsp3) is 0.200. The Morgan fingerprint density at radius 3 is 2.75 bits per heavy atom. The van der Waals surface area contributed by atoms with Gasteiger partial charge in [0.2, 0.25) is 0 Å². The van der Waals surface area contributed by atoms with Crippen LogP contribution in [0.3, 0.4) is 0 Å². The number of ether oxygens (including phenoxy) is 1. The number of H-pyrrole nitrogens is 1. The van der Waals surface area contributed by atoms with E-state index in [4.69, 9.17) is 9.84 Å². The van der Waals surface area contributed by atoms with Crippen molar-refractivity contribution in [2.45, 2.75) is 13.0 Å². The second kappa shape index (κ2) is 4.61. The minimum atomic E-state index is -1.03. The molecule has 0 saturated heterocycles. The van der Waals surface area contributed by atoms with Gasteiger partial charge in [-0.15, -0.1) is 0 Å². The highest BCUT2D eigenvalue weighted by atomic mass is 16.5. The number of pyridine rings is 1. The maximum absolute atomic E-state index is 11.0. The summed E-state index contributed by atoms with van der Waals surface area (Å²) in [6.07, 6.45) is 1.54. The van der Waals surface area contributed by atoms with E-state index in [1.54, 1.807) is 19.4 Å². The first-order valence-electron chi connectivity index (χ1n) is 6.27. The average molecular weight is 270 g/mol.